The first kappa shape index (κ1) is 12.3. The molecule has 0 aliphatic carbocycles. The highest BCUT2D eigenvalue weighted by Crippen LogP contribution is 2.24. The zero-order valence-corrected chi connectivity index (χ0v) is 11.5. The number of aromatic nitrogens is 2. The van der Waals surface area contributed by atoms with Crippen molar-refractivity contribution in [2.75, 3.05) is 5.32 Å². The predicted molar refractivity (Wildman–Crippen MR) is 73.2 cm³/mol. The van der Waals surface area contributed by atoms with Crippen LogP contribution in [0.1, 0.15) is 18.5 Å². The molecule has 0 amide bonds. The Hall–Kier alpha value is -1.13. The Morgan fingerprint density at radius 3 is 2.53 bits per heavy atom. The van der Waals surface area contributed by atoms with Gasteiger partial charge in [-0.1, -0.05) is 29.8 Å². The molecule has 3 nitrogen and oxygen atoms in total. The maximum absolute atomic E-state index is 6.12. The van der Waals surface area contributed by atoms with Crippen molar-refractivity contribution in [3.05, 3.63) is 51.7 Å². The van der Waals surface area contributed by atoms with E-state index in [1.807, 2.05) is 31.2 Å². The number of rotatable bonds is 3. The molecule has 0 saturated heterocycles. The SMILES string of the molecule is CC(Nc1ncc(Br)cn1)c1ccccc1Cl. The Morgan fingerprint density at radius 1 is 1.24 bits per heavy atom. The fourth-order valence-corrected chi connectivity index (χ4v) is 1.99. The first-order chi connectivity index (χ1) is 8.16. The van der Waals surface area contributed by atoms with Gasteiger partial charge in [-0.05, 0) is 34.5 Å². The number of halogens is 2. The van der Waals surface area contributed by atoms with Gasteiger partial charge in [-0.3, -0.25) is 0 Å². The molecule has 88 valence electrons. The van der Waals surface area contributed by atoms with Gasteiger partial charge in [0.15, 0.2) is 0 Å². The second kappa shape index (κ2) is 5.47. The number of hydrogen-bond donors (Lipinski definition) is 1. The van der Waals surface area contributed by atoms with E-state index >= 15 is 0 Å². The van der Waals surface area contributed by atoms with E-state index < -0.39 is 0 Å². The summed E-state index contributed by atoms with van der Waals surface area (Å²) >= 11 is 9.42. The molecule has 0 bridgehead atoms. The minimum absolute atomic E-state index is 0.0601. The summed E-state index contributed by atoms with van der Waals surface area (Å²) in [5.74, 6) is 0.584. The van der Waals surface area contributed by atoms with Gasteiger partial charge in [0.2, 0.25) is 5.95 Å². The predicted octanol–water partition coefficient (Wildman–Crippen LogP) is 4.07. The Labute approximate surface area is 113 Å². The third-order valence-electron chi connectivity index (χ3n) is 2.34. The number of nitrogens with zero attached hydrogens (tertiary/aromatic N) is 2. The molecule has 1 atom stereocenters. The van der Waals surface area contributed by atoms with Gasteiger partial charge < -0.3 is 5.32 Å². The molecule has 2 aromatic rings. The van der Waals surface area contributed by atoms with Gasteiger partial charge in [0.25, 0.3) is 0 Å². The van der Waals surface area contributed by atoms with E-state index in [2.05, 4.69) is 31.2 Å². The largest absolute Gasteiger partial charge is 0.348 e. The zero-order valence-electron chi connectivity index (χ0n) is 9.19. The van der Waals surface area contributed by atoms with Gasteiger partial charge in [-0.15, -0.1) is 0 Å². The van der Waals surface area contributed by atoms with E-state index in [-0.39, 0.29) is 6.04 Å². The molecule has 5 heteroatoms. The van der Waals surface area contributed by atoms with Crippen LogP contribution in [0.2, 0.25) is 5.02 Å². The molecule has 0 aliphatic heterocycles. The van der Waals surface area contributed by atoms with Gasteiger partial charge in [0.1, 0.15) is 0 Å². The molecular weight excluding hydrogens is 302 g/mol. The fraction of sp³-hybridized carbons (Fsp3) is 0.167. The summed E-state index contributed by atoms with van der Waals surface area (Å²) in [4.78, 5) is 8.32. The van der Waals surface area contributed by atoms with Crippen LogP contribution in [-0.2, 0) is 0 Å². The lowest BCUT2D eigenvalue weighted by molar-refractivity contribution is 0.860. The number of anilines is 1. The maximum atomic E-state index is 6.12. The molecule has 0 radical (unpaired) electrons. The zero-order chi connectivity index (χ0) is 12.3. The molecule has 0 fully saturated rings. The van der Waals surface area contributed by atoms with E-state index in [1.54, 1.807) is 12.4 Å². The highest BCUT2D eigenvalue weighted by Gasteiger charge is 2.09. The highest BCUT2D eigenvalue weighted by atomic mass is 79.9. The topological polar surface area (TPSA) is 37.8 Å². The van der Waals surface area contributed by atoms with Crippen molar-refractivity contribution < 1.29 is 0 Å². The molecule has 1 heterocycles. The highest BCUT2D eigenvalue weighted by molar-refractivity contribution is 9.10. The fourth-order valence-electron chi connectivity index (χ4n) is 1.48. The lowest BCUT2D eigenvalue weighted by Crippen LogP contribution is -2.09. The molecule has 1 aromatic heterocycles. The number of benzene rings is 1. The molecule has 0 aliphatic rings. The smallest absolute Gasteiger partial charge is 0.223 e. The standard InChI is InChI=1S/C12H11BrClN3/c1-8(10-4-2-3-5-11(10)14)17-12-15-6-9(13)7-16-12/h2-8H,1H3,(H,15,16,17). The van der Waals surface area contributed by atoms with Crippen molar-refractivity contribution in [1.29, 1.82) is 0 Å². The lowest BCUT2D eigenvalue weighted by atomic mass is 10.1. The molecule has 1 N–H and O–H groups in total. The molecule has 17 heavy (non-hydrogen) atoms. The number of hydrogen-bond acceptors (Lipinski definition) is 3. The quantitative estimate of drug-likeness (QED) is 0.928. The van der Waals surface area contributed by atoms with Crippen LogP contribution in [0.15, 0.2) is 41.1 Å². The summed E-state index contributed by atoms with van der Waals surface area (Å²) in [5.41, 5.74) is 1.03. The average molecular weight is 313 g/mol. The van der Waals surface area contributed by atoms with E-state index in [0.717, 1.165) is 15.1 Å². The van der Waals surface area contributed by atoms with E-state index in [9.17, 15) is 0 Å². The van der Waals surface area contributed by atoms with E-state index in [0.29, 0.717) is 5.95 Å². The Balaban J connectivity index is 2.14. The molecule has 0 spiro atoms. The monoisotopic (exact) mass is 311 g/mol. The molecule has 1 aromatic carbocycles. The van der Waals surface area contributed by atoms with Crippen molar-refractivity contribution in [1.82, 2.24) is 9.97 Å². The minimum atomic E-state index is 0.0601. The van der Waals surface area contributed by atoms with Crippen molar-refractivity contribution in [2.24, 2.45) is 0 Å². The molecule has 0 saturated carbocycles. The van der Waals surface area contributed by atoms with Crippen LogP contribution >= 0.6 is 27.5 Å². The van der Waals surface area contributed by atoms with Crippen LogP contribution in [0.5, 0.6) is 0 Å². The average Bonchev–Trinajstić information content (AvgIpc) is 2.32. The lowest BCUT2D eigenvalue weighted by Gasteiger charge is -2.15. The summed E-state index contributed by atoms with van der Waals surface area (Å²) in [5, 5.41) is 3.94. The van der Waals surface area contributed by atoms with E-state index in [1.165, 1.54) is 0 Å². The molecular formula is C12H11BrClN3. The number of nitrogens with one attached hydrogen (secondary N) is 1. The summed E-state index contributed by atoms with van der Waals surface area (Å²) in [7, 11) is 0. The normalized spacial score (nSPS) is 12.2. The third kappa shape index (κ3) is 3.17. The van der Waals surface area contributed by atoms with Crippen LogP contribution in [0.25, 0.3) is 0 Å². The van der Waals surface area contributed by atoms with Crippen molar-refractivity contribution in [2.45, 2.75) is 13.0 Å². The van der Waals surface area contributed by atoms with E-state index in [4.69, 9.17) is 11.6 Å². The van der Waals surface area contributed by atoms with Crippen molar-refractivity contribution in [3.63, 3.8) is 0 Å². The van der Waals surface area contributed by atoms with Crippen LogP contribution in [0.3, 0.4) is 0 Å². The van der Waals surface area contributed by atoms with Gasteiger partial charge in [-0.2, -0.15) is 0 Å². The summed E-state index contributed by atoms with van der Waals surface area (Å²) in [6.45, 7) is 2.02. The maximum Gasteiger partial charge on any atom is 0.223 e. The minimum Gasteiger partial charge on any atom is -0.348 e. The second-order valence-electron chi connectivity index (χ2n) is 3.61. The Bertz CT molecular complexity index is 501. The van der Waals surface area contributed by atoms with Crippen molar-refractivity contribution in [3.8, 4) is 0 Å². The van der Waals surface area contributed by atoms with Crippen LogP contribution in [0.4, 0.5) is 5.95 Å². The third-order valence-corrected chi connectivity index (χ3v) is 3.09. The molecule has 2 rings (SSSR count). The van der Waals surface area contributed by atoms with Gasteiger partial charge in [0.05, 0.1) is 10.5 Å². The first-order valence-electron chi connectivity index (χ1n) is 5.15. The summed E-state index contributed by atoms with van der Waals surface area (Å²) < 4.78 is 0.855. The van der Waals surface area contributed by atoms with Crippen LogP contribution in [0, 0.1) is 0 Å². The van der Waals surface area contributed by atoms with Gasteiger partial charge in [0, 0.05) is 17.4 Å². The second-order valence-corrected chi connectivity index (χ2v) is 4.94. The molecule has 1 unspecified atom stereocenters. The van der Waals surface area contributed by atoms with Crippen molar-refractivity contribution >= 4 is 33.5 Å². The van der Waals surface area contributed by atoms with Crippen LogP contribution < -0.4 is 5.32 Å². The van der Waals surface area contributed by atoms with Gasteiger partial charge in [-0.25, -0.2) is 9.97 Å². The van der Waals surface area contributed by atoms with Crippen LogP contribution in [-0.4, -0.2) is 9.97 Å². The summed E-state index contributed by atoms with van der Waals surface area (Å²) in [6, 6.07) is 7.79. The Kier molecular flexibility index (Phi) is 3.97. The van der Waals surface area contributed by atoms with Gasteiger partial charge >= 0.3 is 0 Å². The summed E-state index contributed by atoms with van der Waals surface area (Å²) in [6.07, 6.45) is 3.41. The first-order valence-corrected chi connectivity index (χ1v) is 6.32. The Morgan fingerprint density at radius 2 is 1.88 bits per heavy atom.